The van der Waals surface area contributed by atoms with Gasteiger partial charge in [-0.3, -0.25) is 4.90 Å². The Morgan fingerprint density at radius 2 is 1.84 bits per heavy atom. The average Bonchev–Trinajstić information content (AvgIpc) is 3.44. The second-order valence-corrected chi connectivity index (χ2v) is 7.38. The number of carbonyl (C=O) groups excluding carboxylic acids is 1. The van der Waals surface area contributed by atoms with E-state index in [1.165, 1.54) is 12.7 Å². The van der Waals surface area contributed by atoms with Crippen molar-refractivity contribution in [1.82, 2.24) is 19.7 Å². The highest BCUT2D eigenvalue weighted by Gasteiger charge is 2.14. The molecule has 0 saturated carbocycles. The Bertz CT molecular complexity index is 1150. The lowest BCUT2D eigenvalue weighted by Gasteiger charge is -2.15. The number of benzene rings is 2. The minimum Gasteiger partial charge on any atom is -0.465 e. The van der Waals surface area contributed by atoms with Gasteiger partial charge in [-0.1, -0.05) is 12.1 Å². The van der Waals surface area contributed by atoms with E-state index in [0.29, 0.717) is 18.0 Å². The number of hydrogen-bond acceptors (Lipinski definition) is 6. The first-order chi connectivity index (χ1) is 15.0. The molecule has 2 aromatic carbocycles. The van der Waals surface area contributed by atoms with E-state index in [4.69, 9.17) is 9.15 Å². The summed E-state index contributed by atoms with van der Waals surface area (Å²) in [5, 5.41) is 4.25. The Kier molecular flexibility index (Phi) is 5.95. The number of rotatable bonds is 7. The molecule has 0 fully saturated rings. The monoisotopic (exact) mass is 416 g/mol. The van der Waals surface area contributed by atoms with E-state index in [1.807, 2.05) is 36.0 Å². The van der Waals surface area contributed by atoms with Gasteiger partial charge in [0.15, 0.2) is 0 Å². The lowest BCUT2D eigenvalue weighted by atomic mass is 10.1. The molecule has 0 aliphatic carbocycles. The van der Waals surface area contributed by atoms with Crippen LogP contribution >= 0.6 is 0 Å². The Balaban J connectivity index is 1.41. The molecule has 4 rings (SSSR count). The fraction of sp³-hybridized carbons (Fsp3) is 0.208. The van der Waals surface area contributed by atoms with Crippen LogP contribution in [0, 0.1) is 6.92 Å². The quantitative estimate of drug-likeness (QED) is 0.419. The van der Waals surface area contributed by atoms with Crippen LogP contribution < -0.4 is 0 Å². The number of nitrogens with zero attached hydrogens (tertiary/aromatic N) is 4. The minimum atomic E-state index is -0.366. The van der Waals surface area contributed by atoms with Crippen molar-refractivity contribution in [1.29, 1.82) is 0 Å². The van der Waals surface area contributed by atoms with Gasteiger partial charge >= 0.3 is 5.97 Å². The highest BCUT2D eigenvalue weighted by Crippen LogP contribution is 2.23. The standard InChI is InChI=1S/C24H24N4O3/c1-17-22(26-23(31-17)19-7-9-20(10-8-19)24(29)30-3)16-27(2)15-18-5-11-21(12-6-18)28-14-4-13-25-28/h4-14H,15-16H2,1-3H3. The van der Waals surface area contributed by atoms with E-state index in [1.54, 1.807) is 18.3 Å². The number of hydrogen-bond donors (Lipinski definition) is 0. The van der Waals surface area contributed by atoms with Gasteiger partial charge in [-0.05, 0) is 62.0 Å². The molecule has 7 nitrogen and oxygen atoms in total. The fourth-order valence-electron chi connectivity index (χ4n) is 3.36. The number of carbonyl (C=O) groups is 1. The summed E-state index contributed by atoms with van der Waals surface area (Å²) in [6.07, 6.45) is 3.69. The van der Waals surface area contributed by atoms with E-state index < -0.39 is 0 Å². The second-order valence-electron chi connectivity index (χ2n) is 7.38. The predicted molar refractivity (Wildman–Crippen MR) is 117 cm³/mol. The zero-order valence-corrected chi connectivity index (χ0v) is 17.8. The van der Waals surface area contributed by atoms with Crippen LogP contribution in [0.25, 0.3) is 17.1 Å². The normalized spacial score (nSPS) is 11.1. The van der Waals surface area contributed by atoms with Crippen molar-refractivity contribution in [2.45, 2.75) is 20.0 Å². The van der Waals surface area contributed by atoms with Gasteiger partial charge in [0, 0.05) is 31.0 Å². The summed E-state index contributed by atoms with van der Waals surface area (Å²) in [5.41, 5.74) is 4.44. The van der Waals surface area contributed by atoms with Crippen LogP contribution in [0.4, 0.5) is 0 Å². The molecule has 0 atom stereocenters. The van der Waals surface area contributed by atoms with Gasteiger partial charge < -0.3 is 9.15 Å². The number of esters is 1. The lowest BCUT2D eigenvalue weighted by Crippen LogP contribution is -2.18. The summed E-state index contributed by atoms with van der Waals surface area (Å²) in [5.74, 6) is 0.962. The topological polar surface area (TPSA) is 73.4 Å². The van der Waals surface area contributed by atoms with Crippen molar-refractivity contribution in [2.75, 3.05) is 14.2 Å². The van der Waals surface area contributed by atoms with Crippen LogP contribution in [0.5, 0.6) is 0 Å². The highest BCUT2D eigenvalue weighted by molar-refractivity contribution is 5.89. The molecule has 0 aliphatic heterocycles. The smallest absolute Gasteiger partial charge is 0.337 e. The maximum atomic E-state index is 11.6. The molecule has 2 aromatic heterocycles. The van der Waals surface area contributed by atoms with Gasteiger partial charge in [-0.25, -0.2) is 14.5 Å². The van der Waals surface area contributed by atoms with Gasteiger partial charge in [0.2, 0.25) is 5.89 Å². The first kappa shape index (κ1) is 20.6. The Morgan fingerprint density at radius 1 is 1.10 bits per heavy atom. The van der Waals surface area contributed by atoms with Crippen LogP contribution in [0.15, 0.2) is 71.4 Å². The molecule has 0 unspecified atom stereocenters. The van der Waals surface area contributed by atoms with E-state index in [9.17, 15) is 4.79 Å². The van der Waals surface area contributed by atoms with Crippen molar-refractivity contribution in [3.63, 3.8) is 0 Å². The van der Waals surface area contributed by atoms with E-state index >= 15 is 0 Å². The van der Waals surface area contributed by atoms with E-state index in [-0.39, 0.29) is 5.97 Å². The average molecular weight is 416 g/mol. The summed E-state index contributed by atoms with van der Waals surface area (Å²) >= 11 is 0. The van der Waals surface area contributed by atoms with Crippen molar-refractivity contribution in [3.8, 4) is 17.1 Å². The van der Waals surface area contributed by atoms with E-state index in [0.717, 1.165) is 29.2 Å². The molecule has 0 N–H and O–H groups in total. The first-order valence-electron chi connectivity index (χ1n) is 9.96. The van der Waals surface area contributed by atoms with Crippen molar-refractivity contribution >= 4 is 5.97 Å². The third-order valence-electron chi connectivity index (χ3n) is 5.02. The van der Waals surface area contributed by atoms with Crippen LogP contribution in [0.1, 0.15) is 27.4 Å². The van der Waals surface area contributed by atoms with E-state index in [2.05, 4.69) is 46.3 Å². The molecule has 0 spiro atoms. The molecule has 0 aliphatic rings. The third-order valence-corrected chi connectivity index (χ3v) is 5.02. The number of ether oxygens (including phenoxy) is 1. The summed E-state index contributed by atoms with van der Waals surface area (Å²) in [6, 6.07) is 17.3. The second kappa shape index (κ2) is 8.97. The Hall–Kier alpha value is -3.71. The van der Waals surface area contributed by atoms with Crippen molar-refractivity contribution < 1.29 is 13.9 Å². The number of aryl methyl sites for hydroxylation is 1. The predicted octanol–water partition coefficient (Wildman–Crippen LogP) is 4.25. The first-order valence-corrected chi connectivity index (χ1v) is 9.96. The summed E-state index contributed by atoms with van der Waals surface area (Å²) in [6.45, 7) is 3.37. The van der Waals surface area contributed by atoms with Crippen LogP contribution in [-0.2, 0) is 17.8 Å². The number of methoxy groups -OCH3 is 1. The number of aromatic nitrogens is 3. The van der Waals surface area contributed by atoms with Gasteiger partial charge in [0.25, 0.3) is 0 Å². The fourth-order valence-corrected chi connectivity index (χ4v) is 3.36. The zero-order valence-electron chi connectivity index (χ0n) is 17.8. The largest absolute Gasteiger partial charge is 0.465 e. The Labute approximate surface area is 180 Å². The number of oxazole rings is 1. The van der Waals surface area contributed by atoms with Gasteiger partial charge in [0.1, 0.15) is 5.76 Å². The Morgan fingerprint density at radius 3 is 2.48 bits per heavy atom. The lowest BCUT2D eigenvalue weighted by molar-refractivity contribution is 0.0600. The van der Waals surface area contributed by atoms with Gasteiger partial charge in [-0.15, -0.1) is 0 Å². The molecule has 31 heavy (non-hydrogen) atoms. The minimum absolute atomic E-state index is 0.366. The van der Waals surface area contributed by atoms with Gasteiger partial charge in [-0.2, -0.15) is 5.10 Å². The van der Waals surface area contributed by atoms with Crippen LogP contribution in [0.2, 0.25) is 0 Å². The zero-order chi connectivity index (χ0) is 21.8. The maximum absolute atomic E-state index is 11.6. The summed E-state index contributed by atoms with van der Waals surface area (Å²) in [7, 11) is 3.42. The summed E-state index contributed by atoms with van der Waals surface area (Å²) < 4.78 is 12.4. The highest BCUT2D eigenvalue weighted by atomic mass is 16.5. The molecule has 7 heteroatoms. The third kappa shape index (κ3) is 4.73. The van der Waals surface area contributed by atoms with Crippen molar-refractivity contribution in [2.24, 2.45) is 0 Å². The van der Waals surface area contributed by atoms with Crippen LogP contribution in [-0.4, -0.2) is 39.8 Å². The molecule has 0 bridgehead atoms. The van der Waals surface area contributed by atoms with Crippen molar-refractivity contribution in [3.05, 3.63) is 89.6 Å². The molecule has 4 aromatic rings. The molecule has 0 saturated heterocycles. The molecule has 0 amide bonds. The molecule has 158 valence electrons. The molecular weight excluding hydrogens is 392 g/mol. The maximum Gasteiger partial charge on any atom is 0.337 e. The molecule has 2 heterocycles. The molecule has 0 radical (unpaired) electrons. The van der Waals surface area contributed by atoms with Gasteiger partial charge in [0.05, 0.1) is 24.1 Å². The van der Waals surface area contributed by atoms with Crippen LogP contribution in [0.3, 0.4) is 0 Å². The summed E-state index contributed by atoms with van der Waals surface area (Å²) in [4.78, 5) is 18.5. The molecular formula is C24H24N4O3. The SMILES string of the molecule is COC(=O)c1ccc(-c2nc(CN(C)Cc3ccc(-n4cccn4)cc3)c(C)o2)cc1.